The fourth-order valence-electron chi connectivity index (χ4n) is 2.90. The molecule has 1 heterocycles. The van der Waals surface area contributed by atoms with Crippen molar-refractivity contribution in [3.05, 3.63) is 29.3 Å². The highest BCUT2D eigenvalue weighted by atomic mass is 127. The van der Waals surface area contributed by atoms with Gasteiger partial charge in [0.15, 0.2) is 5.96 Å². The van der Waals surface area contributed by atoms with Crippen molar-refractivity contribution in [3.63, 3.8) is 0 Å². The van der Waals surface area contributed by atoms with Gasteiger partial charge in [-0.1, -0.05) is 12.1 Å². The summed E-state index contributed by atoms with van der Waals surface area (Å²) in [4.78, 5) is 8.10. The highest BCUT2D eigenvalue weighted by Crippen LogP contribution is 2.21. The number of likely N-dealkylation sites (tertiary alicyclic amines) is 1. The van der Waals surface area contributed by atoms with Gasteiger partial charge in [0.1, 0.15) is 0 Å². The van der Waals surface area contributed by atoms with E-state index < -0.39 is 0 Å². The van der Waals surface area contributed by atoms with Gasteiger partial charge in [0.25, 0.3) is 0 Å². The van der Waals surface area contributed by atoms with Crippen molar-refractivity contribution in [3.8, 4) is 0 Å². The van der Waals surface area contributed by atoms with Gasteiger partial charge in [-0.2, -0.15) is 0 Å². The molecule has 0 spiro atoms. The first-order valence-corrected chi connectivity index (χ1v) is 9.61. The van der Waals surface area contributed by atoms with Crippen LogP contribution in [0.3, 0.4) is 0 Å². The standard InChI is InChI=1S/C18H30N4S.HI/c1-14-5-6-16(17(11-14)23-4)13-21-18(19-2)20-12-15-7-9-22(3)10-8-15;/h5-6,11,15H,7-10,12-13H2,1-4H3,(H2,19,20,21);1H. The Kier molecular flexibility index (Phi) is 10.1. The third kappa shape index (κ3) is 6.80. The molecular weight excluding hydrogens is 431 g/mol. The van der Waals surface area contributed by atoms with Crippen LogP contribution >= 0.6 is 35.7 Å². The molecule has 1 fully saturated rings. The number of piperidine rings is 1. The summed E-state index contributed by atoms with van der Waals surface area (Å²) in [6.07, 6.45) is 4.68. The summed E-state index contributed by atoms with van der Waals surface area (Å²) >= 11 is 1.80. The fraction of sp³-hybridized carbons (Fsp3) is 0.611. The van der Waals surface area contributed by atoms with Crippen molar-refractivity contribution in [2.24, 2.45) is 10.9 Å². The van der Waals surface area contributed by atoms with Gasteiger partial charge in [-0.25, -0.2) is 0 Å². The number of aryl methyl sites for hydroxylation is 1. The van der Waals surface area contributed by atoms with E-state index in [4.69, 9.17) is 0 Å². The summed E-state index contributed by atoms with van der Waals surface area (Å²) < 4.78 is 0. The van der Waals surface area contributed by atoms with E-state index in [1.54, 1.807) is 11.8 Å². The van der Waals surface area contributed by atoms with Crippen LogP contribution < -0.4 is 10.6 Å². The van der Waals surface area contributed by atoms with Crippen LogP contribution in [-0.4, -0.2) is 50.8 Å². The summed E-state index contributed by atoms with van der Waals surface area (Å²) in [6.45, 7) is 6.37. The maximum absolute atomic E-state index is 4.35. The average Bonchev–Trinajstić information content (AvgIpc) is 2.57. The Morgan fingerprint density at radius 2 is 2.00 bits per heavy atom. The van der Waals surface area contributed by atoms with Crippen LogP contribution in [0.5, 0.6) is 0 Å². The Morgan fingerprint density at radius 3 is 2.62 bits per heavy atom. The molecule has 0 bridgehead atoms. The van der Waals surface area contributed by atoms with E-state index in [0.717, 1.165) is 25.0 Å². The second-order valence-corrected chi connectivity index (χ2v) is 7.22. The third-order valence-electron chi connectivity index (χ3n) is 4.51. The van der Waals surface area contributed by atoms with Crippen LogP contribution in [-0.2, 0) is 6.54 Å². The minimum atomic E-state index is 0. The van der Waals surface area contributed by atoms with Gasteiger partial charge in [-0.3, -0.25) is 4.99 Å². The number of rotatable bonds is 5. The summed E-state index contributed by atoms with van der Waals surface area (Å²) in [7, 11) is 4.05. The molecule has 4 nitrogen and oxygen atoms in total. The fourth-order valence-corrected chi connectivity index (χ4v) is 3.61. The molecule has 0 unspecified atom stereocenters. The zero-order valence-electron chi connectivity index (χ0n) is 15.3. The quantitative estimate of drug-likeness (QED) is 0.305. The maximum Gasteiger partial charge on any atom is 0.191 e. The topological polar surface area (TPSA) is 39.7 Å². The number of nitrogens with zero attached hydrogens (tertiary/aromatic N) is 2. The van der Waals surface area contributed by atoms with Gasteiger partial charge < -0.3 is 15.5 Å². The largest absolute Gasteiger partial charge is 0.356 e. The molecule has 0 amide bonds. The number of halogens is 1. The third-order valence-corrected chi connectivity index (χ3v) is 5.33. The van der Waals surface area contributed by atoms with Gasteiger partial charge >= 0.3 is 0 Å². The van der Waals surface area contributed by atoms with Crippen LogP contribution in [0.4, 0.5) is 0 Å². The number of hydrogen-bond donors (Lipinski definition) is 2. The zero-order valence-corrected chi connectivity index (χ0v) is 18.4. The van der Waals surface area contributed by atoms with Gasteiger partial charge in [0.05, 0.1) is 0 Å². The van der Waals surface area contributed by atoms with Gasteiger partial charge in [0, 0.05) is 25.0 Å². The molecule has 0 atom stereocenters. The zero-order chi connectivity index (χ0) is 16.7. The van der Waals surface area contributed by atoms with Crippen LogP contribution in [0, 0.1) is 12.8 Å². The van der Waals surface area contributed by atoms with E-state index in [1.165, 1.54) is 42.0 Å². The van der Waals surface area contributed by atoms with E-state index in [0.29, 0.717) is 0 Å². The SMILES string of the molecule is CN=C(NCc1ccc(C)cc1SC)NCC1CCN(C)CC1.I. The Hall–Kier alpha value is -0.470. The van der Waals surface area contributed by atoms with Crippen molar-refractivity contribution in [2.45, 2.75) is 31.2 Å². The van der Waals surface area contributed by atoms with E-state index in [1.807, 2.05) is 7.05 Å². The minimum absolute atomic E-state index is 0. The molecule has 0 aliphatic carbocycles. The first-order valence-electron chi connectivity index (χ1n) is 8.39. The Bertz CT molecular complexity index is 528. The van der Waals surface area contributed by atoms with Crippen LogP contribution in [0.25, 0.3) is 0 Å². The minimum Gasteiger partial charge on any atom is -0.356 e. The van der Waals surface area contributed by atoms with E-state index in [9.17, 15) is 0 Å². The van der Waals surface area contributed by atoms with Gasteiger partial charge in [-0.05, 0) is 69.3 Å². The molecule has 136 valence electrons. The van der Waals surface area contributed by atoms with E-state index in [2.05, 4.69) is 59.0 Å². The van der Waals surface area contributed by atoms with Crippen LogP contribution in [0.2, 0.25) is 0 Å². The number of nitrogens with one attached hydrogen (secondary N) is 2. The molecule has 1 saturated heterocycles. The highest BCUT2D eigenvalue weighted by molar-refractivity contribution is 14.0. The van der Waals surface area contributed by atoms with Gasteiger partial charge in [-0.15, -0.1) is 35.7 Å². The molecule has 1 aliphatic heterocycles. The normalized spacial score (nSPS) is 16.6. The highest BCUT2D eigenvalue weighted by Gasteiger charge is 2.16. The predicted octanol–water partition coefficient (Wildman–Crippen LogP) is 3.34. The number of aliphatic imine (C=N–C) groups is 1. The summed E-state index contributed by atoms with van der Waals surface area (Å²) in [5.41, 5.74) is 2.63. The first-order chi connectivity index (χ1) is 11.1. The molecule has 24 heavy (non-hydrogen) atoms. The lowest BCUT2D eigenvalue weighted by molar-refractivity contribution is 0.220. The number of thioether (sulfide) groups is 1. The second kappa shape index (κ2) is 11.2. The van der Waals surface area contributed by atoms with E-state index in [-0.39, 0.29) is 24.0 Å². The smallest absolute Gasteiger partial charge is 0.191 e. The number of hydrogen-bond acceptors (Lipinski definition) is 3. The molecule has 0 saturated carbocycles. The van der Waals surface area contributed by atoms with Crippen LogP contribution in [0.1, 0.15) is 24.0 Å². The molecule has 1 aromatic carbocycles. The summed E-state index contributed by atoms with van der Waals surface area (Å²) in [5, 5.41) is 6.93. The Labute approximate surface area is 168 Å². The maximum atomic E-state index is 4.35. The molecule has 0 radical (unpaired) electrons. The number of benzene rings is 1. The van der Waals surface area contributed by atoms with Crippen molar-refractivity contribution < 1.29 is 0 Å². The molecule has 6 heteroatoms. The second-order valence-electron chi connectivity index (χ2n) is 6.37. The van der Waals surface area contributed by atoms with Crippen molar-refractivity contribution >= 4 is 41.7 Å². The molecule has 0 aromatic heterocycles. The predicted molar refractivity (Wildman–Crippen MR) is 117 cm³/mol. The first kappa shape index (κ1) is 21.6. The molecule has 2 N–H and O–H groups in total. The van der Waals surface area contributed by atoms with E-state index >= 15 is 0 Å². The average molecular weight is 462 g/mol. The molecule has 1 aromatic rings. The van der Waals surface area contributed by atoms with Crippen LogP contribution in [0.15, 0.2) is 28.1 Å². The number of guanidine groups is 1. The van der Waals surface area contributed by atoms with Gasteiger partial charge in [0.2, 0.25) is 0 Å². The summed E-state index contributed by atoms with van der Waals surface area (Å²) in [6, 6.07) is 6.63. The Morgan fingerprint density at radius 1 is 1.29 bits per heavy atom. The molecular formula is C18H31IN4S. The van der Waals surface area contributed by atoms with Crippen molar-refractivity contribution in [1.29, 1.82) is 0 Å². The lowest BCUT2D eigenvalue weighted by atomic mass is 9.97. The molecule has 1 aliphatic rings. The Balaban J connectivity index is 0.00000288. The van der Waals surface area contributed by atoms with Crippen molar-refractivity contribution in [2.75, 3.05) is 40.0 Å². The molecule has 2 rings (SSSR count). The lowest BCUT2D eigenvalue weighted by Gasteiger charge is -2.29. The monoisotopic (exact) mass is 462 g/mol. The van der Waals surface area contributed by atoms with Crippen molar-refractivity contribution in [1.82, 2.24) is 15.5 Å². The summed E-state index contributed by atoms with van der Waals surface area (Å²) in [5.74, 6) is 1.66. The lowest BCUT2D eigenvalue weighted by Crippen LogP contribution is -2.42.